The first-order valence-electron chi connectivity index (χ1n) is 9.30. The molecule has 2 aromatic rings. The van der Waals surface area contributed by atoms with Gasteiger partial charge in [-0.1, -0.05) is 37.5 Å². The normalized spacial score (nSPS) is 19.6. The van der Waals surface area contributed by atoms with Crippen molar-refractivity contribution < 1.29 is 4.57 Å². The Bertz CT molecular complexity index is 723. The Hall–Kier alpha value is -1.63. The van der Waals surface area contributed by atoms with Crippen molar-refractivity contribution in [2.45, 2.75) is 63.7 Å². The van der Waals surface area contributed by atoms with Crippen LogP contribution in [0.1, 0.15) is 61.8 Å². The zero-order valence-corrected chi connectivity index (χ0v) is 14.6. The molecule has 1 spiro atoms. The topological polar surface area (TPSA) is 3.88 Å². The number of fused-ring (bicyclic) bond motifs is 2. The second-order valence-corrected chi connectivity index (χ2v) is 7.65. The zero-order chi connectivity index (χ0) is 15.9. The summed E-state index contributed by atoms with van der Waals surface area (Å²) >= 11 is 0. The molecular weight excluding hydrogens is 278 g/mol. The lowest BCUT2D eigenvalue weighted by atomic mass is 9.63. The highest BCUT2D eigenvalue weighted by Crippen LogP contribution is 2.47. The maximum absolute atomic E-state index is 2.49. The SMILES string of the molecule is Cc1ccccc1-c1ccc2c([n+]1C)CCCC21CCCCC1. The van der Waals surface area contributed by atoms with Crippen LogP contribution in [0.5, 0.6) is 0 Å². The first-order valence-corrected chi connectivity index (χ1v) is 9.30. The maximum Gasteiger partial charge on any atom is 0.212 e. The molecule has 23 heavy (non-hydrogen) atoms. The molecule has 4 rings (SSSR count). The van der Waals surface area contributed by atoms with E-state index in [1.54, 1.807) is 11.3 Å². The van der Waals surface area contributed by atoms with Crippen molar-refractivity contribution >= 4 is 0 Å². The molecule has 0 unspecified atom stereocenters. The molecule has 0 N–H and O–H groups in total. The predicted octanol–water partition coefficient (Wildman–Crippen LogP) is 5.02. The van der Waals surface area contributed by atoms with Crippen molar-refractivity contribution in [1.82, 2.24) is 0 Å². The molecule has 1 heterocycles. The molecule has 1 nitrogen and oxygen atoms in total. The largest absolute Gasteiger partial charge is 0.212 e. The fourth-order valence-corrected chi connectivity index (χ4v) is 5.09. The van der Waals surface area contributed by atoms with Gasteiger partial charge >= 0.3 is 0 Å². The van der Waals surface area contributed by atoms with Crippen LogP contribution in [0, 0.1) is 6.92 Å². The Morgan fingerprint density at radius 2 is 1.61 bits per heavy atom. The van der Waals surface area contributed by atoms with E-state index >= 15 is 0 Å². The van der Waals surface area contributed by atoms with Crippen LogP contribution in [0.15, 0.2) is 36.4 Å². The van der Waals surface area contributed by atoms with E-state index in [1.165, 1.54) is 68.2 Å². The minimum Gasteiger partial charge on any atom is -0.198 e. The highest BCUT2D eigenvalue weighted by Gasteiger charge is 2.41. The maximum atomic E-state index is 2.49. The van der Waals surface area contributed by atoms with E-state index in [4.69, 9.17) is 0 Å². The van der Waals surface area contributed by atoms with Gasteiger partial charge in [0.05, 0.1) is 0 Å². The number of aryl methyl sites for hydroxylation is 1. The van der Waals surface area contributed by atoms with Crippen molar-refractivity contribution in [3.63, 3.8) is 0 Å². The van der Waals surface area contributed by atoms with Crippen LogP contribution in [-0.2, 0) is 18.9 Å². The summed E-state index contributed by atoms with van der Waals surface area (Å²) in [5, 5.41) is 0. The fraction of sp³-hybridized carbons (Fsp3) is 0.500. The van der Waals surface area contributed by atoms with Crippen molar-refractivity contribution in [3.8, 4) is 11.3 Å². The van der Waals surface area contributed by atoms with Crippen LogP contribution in [0.25, 0.3) is 11.3 Å². The average Bonchev–Trinajstić information content (AvgIpc) is 2.58. The third-order valence-corrected chi connectivity index (χ3v) is 6.36. The van der Waals surface area contributed by atoms with E-state index in [-0.39, 0.29) is 0 Å². The van der Waals surface area contributed by atoms with Crippen LogP contribution in [0.4, 0.5) is 0 Å². The van der Waals surface area contributed by atoms with Crippen molar-refractivity contribution in [2.24, 2.45) is 7.05 Å². The lowest BCUT2D eigenvalue weighted by Gasteiger charge is -2.40. The van der Waals surface area contributed by atoms with Crippen LogP contribution >= 0.6 is 0 Å². The molecule has 120 valence electrons. The van der Waals surface area contributed by atoms with Gasteiger partial charge in [0.25, 0.3) is 0 Å². The summed E-state index contributed by atoms with van der Waals surface area (Å²) < 4.78 is 2.49. The molecule has 1 aromatic heterocycles. The quantitative estimate of drug-likeness (QED) is 0.651. The summed E-state index contributed by atoms with van der Waals surface area (Å²) in [5.41, 5.74) is 7.87. The number of aromatic nitrogens is 1. The number of benzene rings is 1. The third-order valence-electron chi connectivity index (χ3n) is 6.36. The number of rotatable bonds is 1. The van der Waals surface area contributed by atoms with Gasteiger partial charge in [0.1, 0.15) is 7.05 Å². The van der Waals surface area contributed by atoms with Crippen LogP contribution in [-0.4, -0.2) is 0 Å². The van der Waals surface area contributed by atoms with Gasteiger partial charge in [-0.25, -0.2) is 0 Å². The Kier molecular flexibility index (Phi) is 3.75. The molecule has 0 saturated heterocycles. The molecule has 0 atom stereocenters. The first-order chi connectivity index (χ1) is 11.2. The summed E-state index contributed by atoms with van der Waals surface area (Å²) in [5.74, 6) is 0. The standard InChI is InChI=1S/C22H28N/c1-17-9-4-5-10-18(17)20-13-12-19-21(23(20)2)11-8-16-22(19)14-6-3-7-15-22/h4-5,9-10,12-13H,3,6-8,11,14-16H2,1-2H3/q+1. The molecule has 2 aliphatic carbocycles. The molecule has 1 heteroatoms. The molecule has 1 aromatic carbocycles. The number of hydrogen-bond acceptors (Lipinski definition) is 0. The van der Waals surface area contributed by atoms with Crippen LogP contribution in [0.3, 0.4) is 0 Å². The van der Waals surface area contributed by atoms with Crippen molar-refractivity contribution in [3.05, 3.63) is 53.2 Å². The van der Waals surface area contributed by atoms with Gasteiger partial charge in [0.2, 0.25) is 5.69 Å². The Morgan fingerprint density at radius 3 is 2.39 bits per heavy atom. The van der Waals surface area contributed by atoms with E-state index in [1.807, 2.05) is 0 Å². The first kappa shape index (κ1) is 14.9. The molecule has 1 fully saturated rings. The van der Waals surface area contributed by atoms with Crippen molar-refractivity contribution in [1.29, 1.82) is 0 Å². The zero-order valence-electron chi connectivity index (χ0n) is 14.6. The second kappa shape index (κ2) is 5.78. The minimum absolute atomic E-state index is 0.494. The van der Waals surface area contributed by atoms with E-state index < -0.39 is 0 Å². The smallest absolute Gasteiger partial charge is 0.198 e. The lowest BCUT2D eigenvalue weighted by molar-refractivity contribution is -0.669. The summed E-state index contributed by atoms with van der Waals surface area (Å²) in [6.07, 6.45) is 11.1. The molecular formula is C22H28N+. The molecule has 0 radical (unpaired) electrons. The van der Waals surface area contributed by atoms with Gasteiger partial charge in [-0.3, -0.25) is 0 Å². The lowest BCUT2D eigenvalue weighted by Crippen LogP contribution is -2.44. The molecule has 0 aliphatic heterocycles. The fourth-order valence-electron chi connectivity index (χ4n) is 5.09. The Morgan fingerprint density at radius 1 is 0.870 bits per heavy atom. The molecule has 0 amide bonds. The van der Waals surface area contributed by atoms with Crippen molar-refractivity contribution in [2.75, 3.05) is 0 Å². The van der Waals surface area contributed by atoms with E-state index in [0.29, 0.717) is 5.41 Å². The van der Waals surface area contributed by atoms with Gasteiger partial charge in [-0.15, -0.1) is 0 Å². The van der Waals surface area contributed by atoms with Gasteiger partial charge in [0, 0.05) is 29.0 Å². The second-order valence-electron chi connectivity index (χ2n) is 7.65. The van der Waals surface area contributed by atoms with E-state index in [9.17, 15) is 0 Å². The molecule has 1 saturated carbocycles. The van der Waals surface area contributed by atoms with Crippen LogP contribution < -0.4 is 4.57 Å². The van der Waals surface area contributed by atoms with Crippen LogP contribution in [0.2, 0.25) is 0 Å². The highest BCUT2D eigenvalue weighted by molar-refractivity contribution is 5.61. The van der Waals surface area contributed by atoms with Gasteiger partial charge in [0.15, 0.2) is 5.69 Å². The third kappa shape index (κ3) is 2.41. The summed E-state index contributed by atoms with van der Waals surface area (Å²) in [7, 11) is 2.28. The average molecular weight is 306 g/mol. The van der Waals surface area contributed by atoms with Gasteiger partial charge in [-0.05, 0) is 50.3 Å². The number of hydrogen-bond donors (Lipinski definition) is 0. The van der Waals surface area contributed by atoms with Gasteiger partial charge < -0.3 is 0 Å². The number of nitrogens with zero attached hydrogens (tertiary/aromatic N) is 1. The number of pyridine rings is 1. The Labute approximate surface area is 140 Å². The van der Waals surface area contributed by atoms with E-state index in [0.717, 1.165) is 0 Å². The Balaban J connectivity index is 1.84. The summed E-state index contributed by atoms with van der Waals surface area (Å²) in [4.78, 5) is 0. The predicted molar refractivity (Wildman–Crippen MR) is 95.5 cm³/mol. The van der Waals surface area contributed by atoms with Gasteiger partial charge in [-0.2, -0.15) is 4.57 Å². The minimum atomic E-state index is 0.494. The monoisotopic (exact) mass is 306 g/mol. The summed E-state index contributed by atoms with van der Waals surface area (Å²) in [6, 6.07) is 13.6. The summed E-state index contributed by atoms with van der Waals surface area (Å²) in [6.45, 7) is 2.22. The molecule has 0 bridgehead atoms. The molecule has 2 aliphatic rings. The van der Waals surface area contributed by atoms with E-state index in [2.05, 4.69) is 54.9 Å². The highest BCUT2D eigenvalue weighted by atomic mass is 15.0.